The Morgan fingerprint density at radius 3 is 2.21 bits per heavy atom. The zero-order chi connectivity index (χ0) is 30.2. The SMILES string of the molecule is CC(C)(C)OC(=O)N1CCC(c2cc(Cl)c3c(c2)N(C(=O)OC(C)(C)C)c2nccc(C4CCOCC4)c2CO3)CC1. The molecule has 2 saturated heterocycles. The van der Waals surface area contributed by atoms with Gasteiger partial charge in [-0.15, -0.1) is 0 Å². The molecule has 0 N–H and O–H groups in total. The second kappa shape index (κ2) is 11.9. The summed E-state index contributed by atoms with van der Waals surface area (Å²) in [6, 6.07) is 5.91. The van der Waals surface area contributed by atoms with Crippen LogP contribution in [0.5, 0.6) is 5.75 Å². The maximum atomic E-state index is 13.9. The molecule has 0 unspecified atom stereocenters. The molecular weight excluding hydrogens is 558 g/mol. The number of pyridine rings is 1. The largest absolute Gasteiger partial charge is 0.485 e. The van der Waals surface area contributed by atoms with Crippen LogP contribution in [0.2, 0.25) is 5.02 Å². The summed E-state index contributed by atoms with van der Waals surface area (Å²) in [5.74, 6) is 1.34. The number of aromatic nitrogens is 1. The van der Waals surface area contributed by atoms with E-state index in [9.17, 15) is 9.59 Å². The van der Waals surface area contributed by atoms with Crippen molar-refractivity contribution in [3.8, 4) is 5.75 Å². The molecule has 42 heavy (non-hydrogen) atoms. The van der Waals surface area contributed by atoms with Gasteiger partial charge in [-0.3, -0.25) is 0 Å². The summed E-state index contributed by atoms with van der Waals surface area (Å²) >= 11 is 6.90. The summed E-state index contributed by atoms with van der Waals surface area (Å²) in [7, 11) is 0. The fourth-order valence-corrected chi connectivity index (χ4v) is 6.12. The molecule has 2 fully saturated rings. The van der Waals surface area contributed by atoms with Gasteiger partial charge in [-0.2, -0.15) is 0 Å². The van der Waals surface area contributed by atoms with Gasteiger partial charge < -0.3 is 23.8 Å². The zero-order valence-corrected chi connectivity index (χ0v) is 26.3. The number of rotatable bonds is 2. The lowest BCUT2D eigenvalue weighted by Gasteiger charge is -2.34. The monoisotopic (exact) mass is 599 g/mol. The maximum absolute atomic E-state index is 13.9. The third-order valence-electron chi connectivity index (χ3n) is 7.78. The van der Waals surface area contributed by atoms with Crippen molar-refractivity contribution in [2.24, 2.45) is 0 Å². The fraction of sp³-hybridized carbons (Fsp3) is 0.594. The molecule has 0 radical (unpaired) electrons. The molecule has 2 aromatic rings. The van der Waals surface area contributed by atoms with Crippen LogP contribution in [-0.2, 0) is 20.8 Å². The summed E-state index contributed by atoms with van der Waals surface area (Å²) in [6.45, 7) is 13.9. The number of piperidine rings is 1. The number of likely N-dealkylation sites (tertiary alicyclic amines) is 1. The topological polar surface area (TPSA) is 90.4 Å². The standard InChI is InChI=1S/C32H42ClN3O6/c1-31(2,3)41-29(37)35-13-8-20(9-14-35)22-17-25(33)27-26(18-22)36(30(38)42-32(4,5)6)28-24(19-40-27)23(7-12-34-28)21-10-15-39-16-11-21/h7,12,17-18,20-21H,8-11,13-16,19H2,1-6H3. The van der Waals surface area contributed by atoms with Crippen LogP contribution < -0.4 is 9.64 Å². The van der Waals surface area contributed by atoms with Crippen molar-refractivity contribution in [2.75, 3.05) is 31.2 Å². The molecule has 0 atom stereocenters. The molecule has 0 aliphatic carbocycles. The molecule has 0 saturated carbocycles. The highest BCUT2D eigenvalue weighted by atomic mass is 35.5. The van der Waals surface area contributed by atoms with E-state index in [2.05, 4.69) is 0 Å². The number of carbonyl (C=O) groups is 2. The molecule has 9 nitrogen and oxygen atoms in total. The molecule has 1 aromatic carbocycles. The van der Waals surface area contributed by atoms with Gasteiger partial charge >= 0.3 is 12.2 Å². The summed E-state index contributed by atoms with van der Waals surface area (Å²) in [5.41, 5.74) is 2.18. The Morgan fingerprint density at radius 1 is 0.929 bits per heavy atom. The van der Waals surface area contributed by atoms with E-state index in [0.717, 1.165) is 42.4 Å². The highest BCUT2D eigenvalue weighted by Gasteiger charge is 2.36. The predicted molar refractivity (Wildman–Crippen MR) is 161 cm³/mol. The van der Waals surface area contributed by atoms with Crippen molar-refractivity contribution >= 4 is 35.3 Å². The molecule has 0 bridgehead atoms. The van der Waals surface area contributed by atoms with Gasteiger partial charge in [0.2, 0.25) is 0 Å². The lowest BCUT2D eigenvalue weighted by Crippen LogP contribution is -2.41. The van der Waals surface area contributed by atoms with Crippen LogP contribution >= 0.6 is 11.6 Å². The Balaban J connectivity index is 1.50. The van der Waals surface area contributed by atoms with Gasteiger partial charge in [-0.25, -0.2) is 19.5 Å². The third-order valence-corrected chi connectivity index (χ3v) is 8.07. The molecule has 2 amide bonds. The van der Waals surface area contributed by atoms with Crippen LogP contribution in [0.3, 0.4) is 0 Å². The predicted octanol–water partition coefficient (Wildman–Crippen LogP) is 7.71. The van der Waals surface area contributed by atoms with Crippen LogP contribution in [0.1, 0.15) is 95.8 Å². The number of halogens is 1. The number of anilines is 2. The van der Waals surface area contributed by atoms with E-state index >= 15 is 0 Å². The van der Waals surface area contributed by atoms with Crippen molar-refractivity contribution in [3.63, 3.8) is 0 Å². The van der Waals surface area contributed by atoms with E-state index in [-0.39, 0.29) is 24.5 Å². The summed E-state index contributed by atoms with van der Waals surface area (Å²) in [6.07, 6.45) is 4.18. The number of carbonyl (C=O) groups excluding carboxylic acids is 2. The second-order valence-electron chi connectivity index (χ2n) is 13.3. The minimum absolute atomic E-state index is 0.135. The first-order valence-electron chi connectivity index (χ1n) is 14.8. The summed E-state index contributed by atoms with van der Waals surface area (Å²) in [4.78, 5) is 34.5. The number of hydrogen-bond donors (Lipinski definition) is 0. The van der Waals surface area contributed by atoms with Crippen LogP contribution in [0.4, 0.5) is 21.1 Å². The van der Waals surface area contributed by atoms with Crippen molar-refractivity contribution in [1.29, 1.82) is 0 Å². The first-order chi connectivity index (χ1) is 19.8. The lowest BCUT2D eigenvalue weighted by molar-refractivity contribution is 0.0204. The number of fused-ring (bicyclic) bond motifs is 2. The highest BCUT2D eigenvalue weighted by molar-refractivity contribution is 6.33. The maximum Gasteiger partial charge on any atom is 0.420 e. The average molecular weight is 600 g/mol. The van der Waals surface area contributed by atoms with Crippen LogP contribution in [0, 0.1) is 0 Å². The molecule has 0 spiro atoms. The number of hydrogen-bond acceptors (Lipinski definition) is 7. The van der Waals surface area contributed by atoms with Crippen LogP contribution in [0.15, 0.2) is 24.4 Å². The first kappa shape index (κ1) is 30.4. The molecule has 10 heteroatoms. The van der Waals surface area contributed by atoms with Crippen LogP contribution in [0.25, 0.3) is 0 Å². The summed E-state index contributed by atoms with van der Waals surface area (Å²) < 4.78 is 23.4. The molecular formula is C32H42ClN3O6. The van der Waals surface area contributed by atoms with Crippen molar-refractivity contribution in [2.45, 2.75) is 96.9 Å². The number of ether oxygens (including phenoxy) is 4. The van der Waals surface area contributed by atoms with E-state index < -0.39 is 17.3 Å². The van der Waals surface area contributed by atoms with Crippen LogP contribution in [-0.4, -0.2) is 59.6 Å². The van der Waals surface area contributed by atoms with E-state index in [1.165, 1.54) is 4.90 Å². The highest BCUT2D eigenvalue weighted by Crippen LogP contribution is 2.47. The Hall–Kier alpha value is -3.04. The minimum atomic E-state index is -0.723. The first-order valence-corrected chi connectivity index (χ1v) is 15.2. The number of amides is 2. The normalized spacial score (nSPS) is 18.5. The van der Waals surface area contributed by atoms with Gasteiger partial charge in [-0.05, 0) is 108 Å². The van der Waals surface area contributed by atoms with Crippen molar-refractivity contribution < 1.29 is 28.5 Å². The third kappa shape index (κ3) is 6.78. The molecule has 1 aromatic heterocycles. The zero-order valence-electron chi connectivity index (χ0n) is 25.5. The lowest BCUT2D eigenvalue weighted by atomic mass is 9.88. The summed E-state index contributed by atoms with van der Waals surface area (Å²) in [5, 5.41) is 0.422. The quantitative estimate of drug-likeness (QED) is 0.349. The number of benzene rings is 1. The van der Waals surface area contributed by atoms with E-state index in [1.54, 1.807) is 11.1 Å². The van der Waals surface area contributed by atoms with Crippen molar-refractivity contribution in [1.82, 2.24) is 9.88 Å². The van der Waals surface area contributed by atoms with Crippen molar-refractivity contribution in [3.05, 3.63) is 46.1 Å². The van der Waals surface area contributed by atoms with Gasteiger partial charge in [-0.1, -0.05) is 11.6 Å². The van der Waals surface area contributed by atoms with Gasteiger partial charge in [0.15, 0.2) is 5.75 Å². The Kier molecular flexibility index (Phi) is 8.63. The van der Waals surface area contributed by atoms with E-state index in [1.807, 2.05) is 59.7 Å². The Bertz CT molecular complexity index is 1320. The smallest absolute Gasteiger partial charge is 0.420 e. The van der Waals surface area contributed by atoms with E-state index in [4.69, 9.17) is 35.5 Å². The van der Waals surface area contributed by atoms with Gasteiger partial charge in [0.05, 0.1) is 10.7 Å². The number of nitrogens with zero attached hydrogens (tertiary/aromatic N) is 3. The molecule has 4 heterocycles. The molecule has 228 valence electrons. The Labute approximate surface area is 253 Å². The second-order valence-corrected chi connectivity index (χ2v) is 13.7. The fourth-order valence-electron chi connectivity index (χ4n) is 5.84. The minimum Gasteiger partial charge on any atom is -0.485 e. The van der Waals surface area contributed by atoms with Gasteiger partial charge in [0, 0.05) is 38.1 Å². The average Bonchev–Trinajstić information content (AvgIpc) is 3.09. The Morgan fingerprint density at radius 2 is 1.57 bits per heavy atom. The van der Waals surface area contributed by atoms with Gasteiger partial charge in [0.1, 0.15) is 23.6 Å². The molecule has 5 rings (SSSR count). The van der Waals surface area contributed by atoms with E-state index in [0.29, 0.717) is 48.6 Å². The molecule has 3 aliphatic heterocycles. The molecule has 3 aliphatic rings. The van der Waals surface area contributed by atoms with Gasteiger partial charge in [0.25, 0.3) is 0 Å².